The minimum Gasteiger partial charge on any atom is -0.479 e. The second kappa shape index (κ2) is 7.74. The maximum absolute atomic E-state index is 11.1. The monoisotopic (exact) mass is 266 g/mol. The fourth-order valence-electron chi connectivity index (χ4n) is 1.72. The molecule has 0 spiro atoms. The number of nitrogens with one attached hydrogen (secondary N) is 1. The Balaban J connectivity index is 2.88. The molecule has 1 unspecified atom stereocenters. The first-order valence-corrected chi connectivity index (χ1v) is 6.65. The van der Waals surface area contributed by atoms with E-state index in [4.69, 9.17) is 9.84 Å². The number of ether oxygens (including phenoxy) is 1. The van der Waals surface area contributed by atoms with Crippen LogP contribution < -0.4 is 10.1 Å². The number of aryl methyl sites for hydroxylation is 1. The van der Waals surface area contributed by atoms with Crippen molar-refractivity contribution in [2.24, 2.45) is 0 Å². The van der Waals surface area contributed by atoms with E-state index in [0.29, 0.717) is 18.7 Å². The maximum Gasteiger partial charge on any atom is 0.344 e. The molecular formula is C14H22N2O3. The number of carboxylic acids is 1. The molecule has 0 fully saturated rings. The Morgan fingerprint density at radius 2 is 2.21 bits per heavy atom. The Hall–Kier alpha value is -1.62. The van der Waals surface area contributed by atoms with Gasteiger partial charge in [-0.1, -0.05) is 20.3 Å². The first-order valence-electron chi connectivity index (χ1n) is 6.65. The van der Waals surface area contributed by atoms with E-state index < -0.39 is 12.1 Å². The topological polar surface area (TPSA) is 71.5 Å². The number of hydrogen-bond donors (Lipinski definition) is 2. The smallest absolute Gasteiger partial charge is 0.344 e. The van der Waals surface area contributed by atoms with Gasteiger partial charge >= 0.3 is 5.97 Å². The molecule has 1 heterocycles. The molecule has 0 radical (unpaired) electrons. The van der Waals surface area contributed by atoms with Gasteiger partial charge in [-0.15, -0.1) is 0 Å². The van der Waals surface area contributed by atoms with Crippen LogP contribution >= 0.6 is 0 Å². The van der Waals surface area contributed by atoms with Gasteiger partial charge in [0.15, 0.2) is 6.10 Å². The summed E-state index contributed by atoms with van der Waals surface area (Å²) in [5.74, 6) is -0.385. The van der Waals surface area contributed by atoms with Gasteiger partial charge in [0.05, 0.1) is 5.69 Å². The van der Waals surface area contributed by atoms with Crippen molar-refractivity contribution in [2.45, 2.75) is 46.3 Å². The van der Waals surface area contributed by atoms with Crippen LogP contribution in [-0.2, 0) is 11.3 Å². The molecule has 0 saturated heterocycles. The molecule has 5 heteroatoms. The number of carbonyl (C=O) groups is 1. The maximum atomic E-state index is 11.1. The molecule has 0 amide bonds. The van der Waals surface area contributed by atoms with Crippen LogP contribution in [0.5, 0.6) is 5.75 Å². The third-order valence-electron chi connectivity index (χ3n) is 2.71. The molecule has 0 aromatic carbocycles. The van der Waals surface area contributed by atoms with E-state index >= 15 is 0 Å². The van der Waals surface area contributed by atoms with Crippen LogP contribution in [0, 0.1) is 6.92 Å². The summed E-state index contributed by atoms with van der Waals surface area (Å²) in [6.07, 6.45) is 0.442. The summed E-state index contributed by atoms with van der Waals surface area (Å²) in [6.45, 7) is 7.25. The number of aromatic nitrogens is 1. The predicted molar refractivity (Wildman–Crippen MR) is 73.3 cm³/mol. The van der Waals surface area contributed by atoms with Crippen molar-refractivity contribution in [1.29, 1.82) is 0 Å². The number of carboxylic acid groups (broad SMARTS) is 1. The summed E-state index contributed by atoms with van der Waals surface area (Å²) in [4.78, 5) is 15.5. The van der Waals surface area contributed by atoms with Crippen LogP contribution in [0.2, 0.25) is 0 Å². The summed E-state index contributed by atoms with van der Waals surface area (Å²) in [5.41, 5.74) is 1.65. The number of aliphatic carboxylic acids is 1. The Morgan fingerprint density at radius 1 is 1.47 bits per heavy atom. The van der Waals surface area contributed by atoms with Crippen LogP contribution in [-0.4, -0.2) is 28.7 Å². The third kappa shape index (κ3) is 4.87. The van der Waals surface area contributed by atoms with Crippen molar-refractivity contribution in [2.75, 3.05) is 6.54 Å². The second-order valence-corrected chi connectivity index (χ2v) is 4.41. The highest BCUT2D eigenvalue weighted by atomic mass is 16.5. The quantitative estimate of drug-likeness (QED) is 0.754. The fourth-order valence-corrected chi connectivity index (χ4v) is 1.72. The number of nitrogens with zero attached hydrogens (tertiary/aromatic N) is 1. The van der Waals surface area contributed by atoms with Crippen LogP contribution in [0.15, 0.2) is 12.1 Å². The van der Waals surface area contributed by atoms with E-state index in [-0.39, 0.29) is 0 Å². The lowest BCUT2D eigenvalue weighted by molar-refractivity contribution is -0.145. The van der Waals surface area contributed by atoms with E-state index in [1.807, 2.05) is 26.8 Å². The van der Waals surface area contributed by atoms with E-state index in [0.717, 1.165) is 24.4 Å². The molecule has 0 saturated carbocycles. The standard InChI is InChI=1S/C14H22N2O3/c1-4-6-13(14(17)18)19-12-8-7-10(3)16-11(12)9-15-5-2/h7-8,13,15H,4-6,9H2,1-3H3,(H,17,18). The van der Waals surface area contributed by atoms with Gasteiger partial charge < -0.3 is 15.2 Å². The highest BCUT2D eigenvalue weighted by Crippen LogP contribution is 2.20. The Morgan fingerprint density at radius 3 is 2.79 bits per heavy atom. The zero-order valence-corrected chi connectivity index (χ0v) is 11.8. The third-order valence-corrected chi connectivity index (χ3v) is 2.71. The Bertz CT molecular complexity index is 421. The first kappa shape index (κ1) is 15.4. The van der Waals surface area contributed by atoms with Crippen molar-refractivity contribution in [3.05, 3.63) is 23.5 Å². The van der Waals surface area contributed by atoms with Crippen molar-refractivity contribution in [3.63, 3.8) is 0 Å². The molecule has 5 nitrogen and oxygen atoms in total. The van der Waals surface area contributed by atoms with Crippen LogP contribution in [0.25, 0.3) is 0 Å². The normalized spacial score (nSPS) is 12.2. The lowest BCUT2D eigenvalue weighted by Gasteiger charge is -2.17. The molecule has 0 aliphatic rings. The SMILES string of the molecule is CCCC(Oc1ccc(C)nc1CNCC)C(=O)O. The minimum atomic E-state index is -0.933. The van der Waals surface area contributed by atoms with Gasteiger partial charge in [0.2, 0.25) is 0 Å². The molecule has 19 heavy (non-hydrogen) atoms. The number of pyridine rings is 1. The van der Waals surface area contributed by atoms with Crippen molar-refractivity contribution >= 4 is 5.97 Å². The summed E-state index contributed by atoms with van der Waals surface area (Å²) in [7, 11) is 0. The molecule has 1 aromatic heterocycles. The lowest BCUT2D eigenvalue weighted by Crippen LogP contribution is -2.27. The summed E-state index contributed by atoms with van der Waals surface area (Å²) >= 11 is 0. The zero-order valence-electron chi connectivity index (χ0n) is 11.8. The number of rotatable bonds is 8. The first-order chi connectivity index (χ1) is 9.08. The van der Waals surface area contributed by atoms with E-state index in [1.54, 1.807) is 6.07 Å². The molecule has 1 rings (SSSR count). The lowest BCUT2D eigenvalue weighted by atomic mass is 10.2. The van der Waals surface area contributed by atoms with Gasteiger partial charge in [-0.2, -0.15) is 0 Å². The van der Waals surface area contributed by atoms with Gasteiger partial charge in [0.1, 0.15) is 5.75 Å². The van der Waals surface area contributed by atoms with Crippen molar-refractivity contribution in [1.82, 2.24) is 10.3 Å². The van der Waals surface area contributed by atoms with Crippen molar-refractivity contribution < 1.29 is 14.6 Å². The van der Waals surface area contributed by atoms with Gasteiger partial charge in [-0.25, -0.2) is 4.79 Å². The molecule has 1 aromatic rings. The molecule has 0 aliphatic carbocycles. The van der Waals surface area contributed by atoms with Gasteiger partial charge in [0.25, 0.3) is 0 Å². The van der Waals surface area contributed by atoms with E-state index in [9.17, 15) is 4.79 Å². The van der Waals surface area contributed by atoms with Crippen LogP contribution in [0.3, 0.4) is 0 Å². The fraction of sp³-hybridized carbons (Fsp3) is 0.571. The number of hydrogen-bond acceptors (Lipinski definition) is 4. The summed E-state index contributed by atoms with van der Waals surface area (Å²) in [6, 6.07) is 3.62. The molecule has 106 valence electrons. The van der Waals surface area contributed by atoms with Gasteiger partial charge in [-0.05, 0) is 32.0 Å². The summed E-state index contributed by atoms with van der Waals surface area (Å²) in [5, 5.41) is 12.3. The van der Waals surface area contributed by atoms with Crippen LogP contribution in [0.1, 0.15) is 38.1 Å². The van der Waals surface area contributed by atoms with Crippen molar-refractivity contribution in [3.8, 4) is 5.75 Å². The minimum absolute atomic E-state index is 0.490. The molecule has 2 N–H and O–H groups in total. The molecule has 0 aliphatic heterocycles. The molecular weight excluding hydrogens is 244 g/mol. The second-order valence-electron chi connectivity index (χ2n) is 4.41. The average molecular weight is 266 g/mol. The predicted octanol–water partition coefficient (Wildman–Crippen LogP) is 2.13. The Kier molecular flexibility index (Phi) is 6.29. The molecule has 1 atom stereocenters. The highest BCUT2D eigenvalue weighted by molar-refractivity contribution is 5.72. The van der Waals surface area contributed by atoms with Gasteiger partial charge in [-0.3, -0.25) is 4.98 Å². The van der Waals surface area contributed by atoms with Crippen LogP contribution in [0.4, 0.5) is 0 Å². The highest BCUT2D eigenvalue weighted by Gasteiger charge is 2.20. The van der Waals surface area contributed by atoms with E-state index in [1.165, 1.54) is 0 Å². The van der Waals surface area contributed by atoms with Gasteiger partial charge in [0, 0.05) is 12.2 Å². The zero-order chi connectivity index (χ0) is 14.3. The largest absolute Gasteiger partial charge is 0.479 e. The summed E-state index contributed by atoms with van der Waals surface area (Å²) < 4.78 is 5.60. The average Bonchev–Trinajstić information content (AvgIpc) is 2.37. The Labute approximate surface area is 114 Å². The molecule has 0 bridgehead atoms. The van der Waals surface area contributed by atoms with E-state index in [2.05, 4.69) is 10.3 Å².